The van der Waals surface area contributed by atoms with Crippen molar-refractivity contribution in [2.75, 3.05) is 12.4 Å². The minimum Gasteiger partial charge on any atom is -0.477 e. The summed E-state index contributed by atoms with van der Waals surface area (Å²) in [5, 5.41) is 13.5. The maximum Gasteiger partial charge on any atom is 0.352 e. The quantitative estimate of drug-likeness (QED) is 0.342. The molecule has 2 atom stereocenters. The molecule has 0 aromatic carbocycles. The first-order valence-electron chi connectivity index (χ1n) is 8.64. The monoisotopic (exact) mass is 438 g/mol. The number of β-lactam (4-membered cyclic amide) rings is 1. The number of carboxylic acids is 1. The van der Waals surface area contributed by atoms with E-state index in [2.05, 4.69) is 5.32 Å². The molecule has 0 aliphatic carbocycles. The van der Waals surface area contributed by atoms with Crippen LogP contribution in [0, 0.1) is 0 Å². The summed E-state index contributed by atoms with van der Waals surface area (Å²) in [7, 11) is 0. The largest absolute Gasteiger partial charge is 0.477 e. The maximum absolute atomic E-state index is 12.5. The van der Waals surface area contributed by atoms with E-state index < -0.39 is 35.7 Å². The number of fused-ring (bicyclic) bond motifs is 1. The van der Waals surface area contributed by atoms with E-state index in [9.17, 15) is 29.1 Å². The number of hydrogen-bond donors (Lipinski definition) is 2. The number of carboxylic acid groups (broad SMARTS) is 1. The number of ketones is 1. The Morgan fingerprint density at radius 3 is 2.72 bits per heavy atom. The molecule has 1 saturated heterocycles. The second kappa shape index (κ2) is 8.78. The lowest BCUT2D eigenvalue weighted by atomic mass is 10.0. The standard InChI is InChI=1S/C18H18N2O7S2/c1-9(21)5-13(23)27-7-10-8-29-17-14(16(24)20(17)15(10)18(25)26)19-12(22)6-11-3-2-4-28-11/h2-4,14,17H,5-8H2,1H3,(H,19,22)(H,25,26)/t14-,17+/m1/s1. The van der Waals surface area contributed by atoms with Crippen LogP contribution in [0.1, 0.15) is 18.2 Å². The lowest BCUT2D eigenvalue weighted by Gasteiger charge is -2.49. The number of thioether (sulfide) groups is 1. The summed E-state index contributed by atoms with van der Waals surface area (Å²) in [5.74, 6) is -3.04. The SMILES string of the molecule is CC(=O)CC(=O)OCC1=C(C(=O)O)N2C(=O)[C@@H](NC(=O)Cc3cccs3)[C@@H]2SC1. The number of thiophene rings is 1. The summed E-state index contributed by atoms with van der Waals surface area (Å²) in [6, 6.07) is 2.85. The molecule has 0 unspecified atom stereocenters. The van der Waals surface area contributed by atoms with Crippen molar-refractivity contribution in [3.63, 3.8) is 0 Å². The molecule has 2 aliphatic heterocycles. The van der Waals surface area contributed by atoms with Crippen LogP contribution in [0.3, 0.4) is 0 Å². The Bertz CT molecular complexity index is 894. The van der Waals surface area contributed by atoms with Crippen LogP contribution in [0.5, 0.6) is 0 Å². The highest BCUT2D eigenvalue weighted by molar-refractivity contribution is 8.00. The molecule has 2 aliphatic rings. The molecule has 2 amide bonds. The number of nitrogens with zero attached hydrogens (tertiary/aromatic N) is 1. The fourth-order valence-electron chi connectivity index (χ4n) is 3.01. The van der Waals surface area contributed by atoms with Gasteiger partial charge in [0, 0.05) is 16.2 Å². The summed E-state index contributed by atoms with van der Waals surface area (Å²) < 4.78 is 4.96. The Balaban J connectivity index is 1.66. The summed E-state index contributed by atoms with van der Waals surface area (Å²) in [5.41, 5.74) is 0.0329. The van der Waals surface area contributed by atoms with E-state index in [1.165, 1.54) is 30.0 Å². The average molecular weight is 438 g/mol. The van der Waals surface area contributed by atoms with Gasteiger partial charge < -0.3 is 15.2 Å². The predicted octanol–water partition coefficient (Wildman–Crippen LogP) is 0.552. The van der Waals surface area contributed by atoms with Gasteiger partial charge in [-0.2, -0.15) is 0 Å². The number of amides is 2. The van der Waals surface area contributed by atoms with Crippen LogP contribution in [0.2, 0.25) is 0 Å². The molecular weight excluding hydrogens is 420 g/mol. The summed E-state index contributed by atoms with van der Waals surface area (Å²) in [6.45, 7) is 0.933. The lowest BCUT2D eigenvalue weighted by molar-refractivity contribution is -0.151. The zero-order chi connectivity index (χ0) is 21.1. The highest BCUT2D eigenvalue weighted by atomic mass is 32.2. The van der Waals surface area contributed by atoms with Gasteiger partial charge in [0.15, 0.2) is 0 Å². The van der Waals surface area contributed by atoms with Crippen molar-refractivity contribution in [3.05, 3.63) is 33.7 Å². The Labute approximate surface area is 174 Å². The molecule has 1 aromatic heterocycles. The van der Waals surface area contributed by atoms with E-state index in [0.29, 0.717) is 0 Å². The van der Waals surface area contributed by atoms with Crippen molar-refractivity contribution in [2.45, 2.75) is 31.2 Å². The molecule has 29 heavy (non-hydrogen) atoms. The Hall–Kier alpha value is -2.66. The number of aliphatic carboxylic acids is 1. The molecule has 1 aromatic rings. The smallest absolute Gasteiger partial charge is 0.352 e. The lowest BCUT2D eigenvalue weighted by Crippen LogP contribution is -2.70. The van der Waals surface area contributed by atoms with Crippen molar-refractivity contribution >= 4 is 52.6 Å². The Morgan fingerprint density at radius 2 is 2.10 bits per heavy atom. The summed E-state index contributed by atoms with van der Waals surface area (Å²) in [4.78, 5) is 60.9. The average Bonchev–Trinajstić information content (AvgIpc) is 3.15. The molecule has 9 nitrogen and oxygen atoms in total. The van der Waals surface area contributed by atoms with Crippen LogP contribution in [0.4, 0.5) is 0 Å². The summed E-state index contributed by atoms with van der Waals surface area (Å²) in [6.07, 6.45) is -0.246. The van der Waals surface area contributed by atoms with Crippen LogP contribution in [-0.2, 0) is 35.1 Å². The number of ether oxygens (including phenoxy) is 1. The summed E-state index contributed by atoms with van der Waals surface area (Å²) >= 11 is 2.72. The van der Waals surface area contributed by atoms with Crippen LogP contribution in [0.25, 0.3) is 0 Å². The fourth-order valence-corrected chi connectivity index (χ4v) is 5.04. The number of esters is 1. The molecule has 3 heterocycles. The topological polar surface area (TPSA) is 130 Å². The highest BCUT2D eigenvalue weighted by Gasteiger charge is 2.54. The van der Waals surface area contributed by atoms with E-state index in [-0.39, 0.29) is 41.7 Å². The molecule has 0 radical (unpaired) electrons. The normalized spacial score (nSPS) is 20.6. The fraction of sp³-hybridized carbons (Fsp3) is 0.389. The van der Waals surface area contributed by atoms with Crippen LogP contribution in [0.15, 0.2) is 28.8 Å². The first kappa shape index (κ1) is 21.1. The van der Waals surface area contributed by atoms with Gasteiger partial charge in [0.05, 0.1) is 6.42 Å². The Kier molecular flexibility index (Phi) is 6.38. The molecule has 0 saturated carbocycles. The molecule has 2 N–H and O–H groups in total. The van der Waals surface area contributed by atoms with Crippen molar-refractivity contribution in [3.8, 4) is 0 Å². The highest BCUT2D eigenvalue weighted by Crippen LogP contribution is 2.40. The second-order valence-corrected chi connectivity index (χ2v) is 8.65. The number of carbonyl (C=O) groups is 5. The van der Waals surface area contributed by atoms with Gasteiger partial charge in [0.2, 0.25) is 5.91 Å². The molecule has 1 fully saturated rings. The number of nitrogens with one attached hydrogen (secondary N) is 1. The van der Waals surface area contributed by atoms with Gasteiger partial charge in [-0.1, -0.05) is 6.07 Å². The number of hydrogen-bond acceptors (Lipinski definition) is 8. The zero-order valence-electron chi connectivity index (χ0n) is 15.4. The van der Waals surface area contributed by atoms with Crippen molar-refractivity contribution in [1.29, 1.82) is 0 Å². The molecule has 154 valence electrons. The zero-order valence-corrected chi connectivity index (χ0v) is 17.0. The maximum atomic E-state index is 12.5. The van der Waals surface area contributed by atoms with Gasteiger partial charge in [0.25, 0.3) is 5.91 Å². The van der Waals surface area contributed by atoms with Crippen molar-refractivity contribution < 1.29 is 33.8 Å². The molecule has 3 rings (SSSR count). The van der Waals surface area contributed by atoms with Crippen LogP contribution >= 0.6 is 23.1 Å². The van der Waals surface area contributed by atoms with Gasteiger partial charge >= 0.3 is 11.9 Å². The number of carbonyl (C=O) groups excluding carboxylic acids is 4. The van der Waals surface area contributed by atoms with Gasteiger partial charge in [-0.25, -0.2) is 4.79 Å². The molecule has 0 spiro atoms. The molecule has 11 heteroatoms. The third-order valence-electron chi connectivity index (χ3n) is 4.28. The first-order valence-corrected chi connectivity index (χ1v) is 10.6. The van der Waals surface area contributed by atoms with E-state index in [1.54, 1.807) is 0 Å². The predicted molar refractivity (Wildman–Crippen MR) is 104 cm³/mol. The molecule has 0 bridgehead atoms. The second-order valence-electron chi connectivity index (χ2n) is 6.51. The minimum absolute atomic E-state index is 0.151. The van der Waals surface area contributed by atoms with E-state index in [4.69, 9.17) is 4.74 Å². The van der Waals surface area contributed by atoms with Gasteiger partial charge in [-0.15, -0.1) is 23.1 Å². The van der Waals surface area contributed by atoms with E-state index in [1.807, 2.05) is 17.5 Å². The van der Waals surface area contributed by atoms with E-state index in [0.717, 1.165) is 9.78 Å². The van der Waals surface area contributed by atoms with Gasteiger partial charge in [-0.05, 0) is 18.4 Å². The van der Waals surface area contributed by atoms with Gasteiger partial charge in [-0.3, -0.25) is 24.1 Å². The van der Waals surface area contributed by atoms with Gasteiger partial charge in [0.1, 0.15) is 35.9 Å². The third-order valence-corrected chi connectivity index (χ3v) is 6.50. The minimum atomic E-state index is -1.32. The van der Waals surface area contributed by atoms with Crippen molar-refractivity contribution in [2.24, 2.45) is 0 Å². The van der Waals surface area contributed by atoms with Crippen LogP contribution in [-0.4, -0.2) is 63.3 Å². The first-order chi connectivity index (χ1) is 13.8. The molecular formula is C18H18N2O7S2. The third kappa shape index (κ3) is 4.67. The van der Waals surface area contributed by atoms with Crippen molar-refractivity contribution in [1.82, 2.24) is 10.2 Å². The number of Topliss-reactive ketones (excluding diaryl/α,β-unsaturated/α-hetero) is 1. The van der Waals surface area contributed by atoms with E-state index >= 15 is 0 Å². The Morgan fingerprint density at radius 1 is 1.34 bits per heavy atom. The number of rotatable bonds is 8. The van der Waals surface area contributed by atoms with Crippen LogP contribution < -0.4 is 5.32 Å².